The van der Waals surface area contributed by atoms with Gasteiger partial charge >= 0.3 is 0 Å². The van der Waals surface area contributed by atoms with Crippen molar-refractivity contribution in [2.24, 2.45) is 5.41 Å². The molecule has 1 aliphatic rings. The van der Waals surface area contributed by atoms with Crippen LogP contribution in [0.3, 0.4) is 0 Å². The third-order valence-electron chi connectivity index (χ3n) is 4.47. The number of carbonyl (C=O) groups excluding carboxylic acids is 1. The predicted molar refractivity (Wildman–Crippen MR) is 97.6 cm³/mol. The molecule has 132 valence electrons. The SMILES string of the molecule is Cc1cccc([C@@H]2[C@H](C(=O)C(C)(C)C)N2S(=O)(=O)c2ccccc2)c1. The molecule has 0 saturated carbocycles. The third-order valence-corrected chi connectivity index (χ3v) is 6.34. The third kappa shape index (κ3) is 3.26. The highest BCUT2D eigenvalue weighted by molar-refractivity contribution is 7.89. The summed E-state index contributed by atoms with van der Waals surface area (Å²) < 4.78 is 27.5. The Balaban J connectivity index is 2.05. The van der Waals surface area contributed by atoms with Crippen LogP contribution in [0.2, 0.25) is 0 Å². The number of carbonyl (C=O) groups is 1. The molecule has 0 bridgehead atoms. The summed E-state index contributed by atoms with van der Waals surface area (Å²) >= 11 is 0. The van der Waals surface area contributed by atoms with Crippen molar-refractivity contribution in [3.8, 4) is 0 Å². The summed E-state index contributed by atoms with van der Waals surface area (Å²) in [5.41, 5.74) is 1.30. The number of benzene rings is 2. The molecule has 25 heavy (non-hydrogen) atoms. The second-order valence-electron chi connectivity index (χ2n) is 7.57. The molecule has 3 rings (SSSR count). The molecule has 1 saturated heterocycles. The molecule has 0 radical (unpaired) electrons. The fourth-order valence-electron chi connectivity index (χ4n) is 3.11. The van der Waals surface area contributed by atoms with Gasteiger partial charge in [-0.25, -0.2) is 8.42 Å². The summed E-state index contributed by atoms with van der Waals surface area (Å²) in [6.07, 6.45) is 0. The van der Waals surface area contributed by atoms with Gasteiger partial charge < -0.3 is 0 Å². The lowest BCUT2D eigenvalue weighted by Crippen LogP contribution is -2.29. The minimum atomic E-state index is -3.72. The molecular weight excluding hydrogens is 334 g/mol. The molecule has 1 aliphatic heterocycles. The maximum absolute atomic E-state index is 13.1. The molecule has 0 N–H and O–H groups in total. The van der Waals surface area contributed by atoms with Crippen molar-refractivity contribution in [2.75, 3.05) is 0 Å². The zero-order chi connectivity index (χ0) is 18.4. The van der Waals surface area contributed by atoms with Crippen molar-refractivity contribution in [3.05, 3.63) is 65.7 Å². The van der Waals surface area contributed by atoms with E-state index in [-0.39, 0.29) is 10.7 Å². The molecule has 5 heteroatoms. The van der Waals surface area contributed by atoms with E-state index in [9.17, 15) is 13.2 Å². The van der Waals surface area contributed by atoms with Gasteiger partial charge in [-0.05, 0) is 24.6 Å². The van der Waals surface area contributed by atoms with Crippen LogP contribution in [0.15, 0.2) is 59.5 Å². The number of hydrogen-bond acceptors (Lipinski definition) is 3. The number of aryl methyl sites for hydroxylation is 1. The van der Waals surface area contributed by atoms with Gasteiger partial charge in [-0.2, -0.15) is 4.31 Å². The Bertz CT molecular complexity index is 898. The number of Topliss-reactive ketones (excluding diaryl/α,β-unsaturated/α-hetero) is 1. The second-order valence-corrected chi connectivity index (χ2v) is 9.41. The number of rotatable bonds is 4. The summed E-state index contributed by atoms with van der Waals surface area (Å²) in [6.45, 7) is 7.44. The minimum absolute atomic E-state index is 0.0569. The fourth-order valence-corrected chi connectivity index (χ4v) is 4.85. The highest BCUT2D eigenvalue weighted by Gasteiger charge is 2.61. The van der Waals surface area contributed by atoms with Crippen LogP contribution in [0.4, 0.5) is 0 Å². The maximum atomic E-state index is 13.1. The fraction of sp³-hybridized carbons (Fsp3) is 0.350. The summed E-state index contributed by atoms with van der Waals surface area (Å²) in [7, 11) is -3.72. The van der Waals surface area contributed by atoms with Crippen LogP contribution in [0.5, 0.6) is 0 Å². The van der Waals surface area contributed by atoms with Gasteiger partial charge in [-0.3, -0.25) is 4.79 Å². The molecule has 1 fully saturated rings. The van der Waals surface area contributed by atoms with E-state index in [0.29, 0.717) is 0 Å². The molecule has 1 heterocycles. The van der Waals surface area contributed by atoms with Crippen molar-refractivity contribution < 1.29 is 13.2 Å². The van der Waals surface area contributed by atoms with Gasteiger partial charge in [-0.15, -0.1) is 0 Å². The van der Waals surface area contributed by atoms with Crippen molar-refractivity contribution in [1.82, 2.24) is 4.31 Å². The smallest absolute Gasteiger partial charge is 0.244 e. The second kappa shape index (κ2) is 6.07. The zero-order valence-corrected chi connectivity index (χ0v) is 15.7. The van der Waals surface area contributed by atoms with Crippen molar-refractivity contribution in [1.29, 1.82) is 0 Å². The van der Waals surface area contributed by atoms with E-state index < -0.39 is 27.5 Å². The molecule has 2 aromatic carbocycles. The van der Waals surface area contributed by atoms with Crippen molar-refractivity contribution in [3.63, 3.8) is 0 Å². The molecule has 2 aromatic rings. The summed E-state index contributed by atoms with van der Waals surface area (Å²) in [6, 6.07) is 14.9. The van der Waals surface area contributed by atoms with Crippen molar-refractivity contribution in [2.45, 2.75) is 44.7 Å². The standard InChI is InChI=1S/C20H23NO3S/c1-14-9-8-10-15(13-14)17-18(19(22)20(2,3)4)21(17)25(23,24)16-11-6-5-7-12-16/h5-13,17-18H,1-4H3/t17-,18-,21?/m1/s1. The van der Waals surface area contributed by atoms with Crippen LogP contribution in [-0.4, -0.2) is 24.5 Å². The number of sulfonamides is 1. The lowest BCUT2D eigenvalue weighted by atomic mass is 9.87. The first-order chi connectivity index (χ1) is 11.6. The van der Waals surface area contributed by atoms with Gasteiger partial charge in [0, 0.05) is 5.41 Å². The van der Waals surface area contributed by atoms with Crippen LogP contribution >= 0.6 is 0 Å². The van der Waals surface area contributed by atoms with E-state index in [1.807, 2.05) is 52.0 Å². The molecule has 1 unspecified atom stereocenters. The lowest BCUT2D eigenvalue weighted by molar-refractivity contribution is -0.126. The average Bonchev–Trinajstić information content (AvgIpc) is 3.30. The highest BCUT2D eigenvalue weighted by atomic mass is 32.2. The maximum Gasteiger partial charge on any atom is 0.244 e. The van der Waals surface area contributed by atoms with E-state index in [1.54, 1.807) is 30.3 Å². The van der Waals surface area contributed by atoms with Gasteiger partial charge in [0.25, 0.3) is 0 Å². The number of nitrogens with zero attached hydrogens (tertiary/aromatic N) is 1. The summed E-state index contributed by atoms with van der Waals surface area (Å²) in [5.74, 6) is -0.0569. The monoisotopic (exact) mass is 357 g/mol. The minimum Gasteiger partial charge on any atom is -0.297 e. The van der Waals surface area contributed by atoms with Crippen LogP contribution in [0.25, 0.3) is 0 Å². The van der Waals surface area contributed by atoms with Gasteiger partial charge in [0.15, 0.2) is 5.78 Å². The molecule has 3 atom stereocenters. The first-order valence-electron chi connectivity index (χ1n) is 8.33. The van der Waals surface area contributed by atoms with Gasteiger partial charge in [0.1, 0.15) is 6.04 Å². The number of ketones is 1. The van der Waals surface area contributed by atoms with E-state index >= 15 is 0 Å². The predicted octanol–water partition coefficient (Wildman–Crippen LogP) is 3.72. The molecule has 0 spiro atoms. The molecule has 0 amide bonds. The summed E-state index contributed by atoms with van der Waals surface area (Å²) in [5, 5.41) is 0. The van der Waals surface area contributed by atoms with Crippen LogP contribution < -0.4 is 0 Å². The van der Waals surface area contributed by atoms with E-state index in [4.69, 9.17) is 0 Å². The molecule has 0 aromatic heterocycles. The summed E-state index contributed by atoms with van der Waals surface area (Å²) in [4.78, 5) is 13.1. The topological polar surface area (TPSA) is 54.2 Å². The van der Waals surface area contributed by atoms with Gasteiger partial charge in [0.05, 0.1) is 10.9 Å². The quantitative estimate of drug-likeness (QED) is 0.784. The van der Waals surface area contributed by atoms with Crippen LogP contribution in [-0.2, 0) is 14.8 Å². The van der Waals surface area contributed by atoms with Crippen LogP contribution in [0, 0.1) is 12.3 Å². The molecule has 0 aliphatic carbocycles. The largest absolute Gasteiger partial charge is 0.297 e. The Morgan fingerprint density at radius 1 is 1.00 bits per heavy atom. The Morgan fingerprint density at radius 3 is 2.20 bits per heavy atom. The molecular formula is C20H23NO3S. The molecule has 4 nitrogen and oxygen atoms in total. The highest BCUT2D eigenvalue weighted by Crippen LogP contribution is 2.50. The first-order valence-corrected chi connectivity index (χ1v) is 9.77. The Kier molecular flexibility index (Phi) is 4.33. The Hall–Kier alpha value is -1.98. The normalized spacial score (nSPS) is 23.3. The zero-order valence-electron chi connectivity index (χ0n) is 14.9. The van der Waals surface area contributed by atoms with E-state index in [0.717, 1.165) is 11.1 Å². The average molecular weight is 357 g/mol. The van der Waals surface area contributed by atoms with Gasteiger partial charge in [-0.1, -0.05) is 68.8 Å². The van der Waals surface area contributed by atoms with E-state index in [1.165, 1.54) is 4.31 Å². The van der Waals surface area contributed by atoms with Crippen LogP contribution in [0.1, 0.15) is 37.9 Å². The van der Waals surface area contributed by atoms with Gasteiger partial charge in [0.2, 0.25) is 10.0 Å². The number of hydrogen-bond donors (Lipinski definition) is 0. The van der Waals surface area contributed by atoms with E-state index in [2.05, 4.69) is 0 Å². The first kappa shape index (κ1) is 17.8. The Morgan fingerprint density at radius 2 is 1.64 bits per heavy atom. The van der Waals surface area contributed by atoms with Crippen molar-refractivity contribution >= 4 is 15.8 Å². The Labute approximate surface area is 149 Å². The lowest BCUT2D eigenvalue weighted by Gasteiger charge is -2.16.